The van der Waals surface area contributed by atoms with E-state index in [1.165, 1.54) is 36.5 Å². The number of hydrogen-bond donors (Lipinski definition) is 0. The van der Waals surface area contributed by atoms with Crippen molar-refractivity contribution in [1.29, 1.82) is 0 Å². The maximum Gasteiger partial charge on any atom is 0.143 e. The van der Waals surface area contributed by atoms with Gasteiger partial charge in [-0.1, -0.05) is 115 Å². The predicted octanol–water partition coefficient (Wildman–Crippen LogP) is 13.9. The molecule has 0 saturated heterocycles. The minimum Gasteiger partial charge on any atom is -0.455 e. The third-order valence-corrected chi connectivity index (χ3v) is 10.8. The standard InChI is InChI=1S/C46H29NOS/c1-2-11-30(12-3-1)33-25-34(38-17-10-18-41-39-15-6-8-19-43(39)48-46(38)41)28-37(27-33)47(35-22-21-31-13-4-5-14-32(31)26-35)36-23-24-45-42(29-36)40-16-7-9-20-44(40)49-45/h1-29H. The van der Waals surface area contributed by atoms with Gasteiger partial charge in [0.1, 0.15) is 11.2 Å². The van der Waals surface area contributed by atoms with Crippen LogP contribution in [0.25, 0.3) is 75.1 Å². The van der Waals surface area contributed by atoms with E-state index in [2.05, 4.69) is 175 Å². The number of fused-ring (bicyclic) bond motifs is 7. The molecule has 0 bridgehead atoms. The number of rotatable bonds is 5. The van der Waals surface area contributed by atoms with Gasteiger partial charge in [0.2, 0.25) is 0 Å². The van der Waals surface area contributed by atoms with Gasteiger partial charge in [-0.3, -0.25) is 0 Å². The molecule has 0 N–H and O–H groups in total. The van der Waals surface area contributed by atoms with Crippen LogP contribution in [-0.4, -0.2) is 0 Å². The van der Waals surface area contributed by atoms with Crippen LogP contribution in [0.5, 0.6) is 0 Å². The number of benzene rings is 8. The van der Waals surface area contributed by atoms with Crippen molar-refractivity contribution in [3.8, 4) is 22.3 Å². The first kappa shape index (κ1) is 27.9. The summed E-state index contributed by atoms with van der Waals surface area (Å²) in [4.78, 5) is 2.41. The summed E-state index contributed by atoms with van der Waals surface area (Å²) < 4.78 is 9.16. The fourth-order valence-electron chi connectivity index (χ4n) is 7.28. The minimum absolute atomic E-state index is 0.901. The van der Waals surface area contributed by atoms with Crippen molar-refractivity contribution < 1.29 is 4.42 Å². The van der Waals surface area contributed by atoms with Crippen molar-refractivity contribution in [2.24, 2.45) is 0 Å². The molecule has 3 heteroatoms. The maximum absolute atomic E-state index is 6.57. The number of nitrogens with zero attached hydrogens (tertiary/aromatic N) is 1. The van der Waals surface area contributed by atoms with Crippen LogP contribution in [0.3, 0.4) is 0 Å². The molecule has 49 heavy (non-hydrogen) atoms. The molecule has 2 nitrogen and oxygen atoms in total. The predicted molar refractivity (Wildman–Crippen MR) is 210 cm³/mol. The average molecular weight is 644 g/mol. The Kier molecular flexibility index (Phi) is 6.39. The number of hydrogen-bond acceptors (Lipinski definition) is 3. The molecule has 0 atom stereocenters. The first-order valence-corrected chi connectivity index (χ1v) is 17.4. The summed E-state index contributed by atoms with van der Waals surface area (Å²) in [6, 6.07) is 63.4. The van der Waals surface area contributed by atoms with Crippen molar-refractivity contribution in [2.45, 2.75) is 0 Å². The van der Waals surface area contributed by atoms with Gasteiger partial charge >= 0.3 is 0 Å². The Morgan fingerprint density at radius 2 is 1.08 bits per heavy atom. The molecule has 2 heterocycles. The molecule has 0 aliphatic carbocycles. The molecule has 0 spiro atoms. The number of para-hydroxylation sites is 2. The van der Waals surface area contributed by atoms with E-state index in [0.717, 1.165) is 55.7 Å². The normalized spacial score (nSPS) is 11.7. The molecule has 0 radical (unpaired) electrons. The molecule has 0 amide bonds. The second-order valence-electron chi connectivity index (χ2n) is 12.6. The van der Waals surface area contributed by atoms with E-state index >= 15 is 0 Å². The van der Waals surface area contributed by atoms with Gasteiger partial charge < -0.3 is 9.32 Å². The summed E-state index contributed by atoms with van der Waals surface area (Å²) in [6.45, 7) is 0. The minimum atomic E-state index is 0.901. The molecule has 10 rings (SSSR count). The van der Waals surface area contributed by atoms with E-state index in [-0.39, 0.29) is 0 Å². The van der Waals surface area contributed by atoms with Crippen LogP contribution < -0.4 is 4.90 Å². The molecular formula is C46H29NOS. The molecule has 0 aliphatic heterocycles. The first-order chi connectivity index (χ1) is 24.3. The number of furan rings is 1. The zero-order valence-corrected chi connectivity index (χ0v) is 27.3. The van der Waals surface area contributed by atoms with Gasteiger partial charge in [0, 0.05) is 53.6 Å². The van der Waals surface area contributed by atoms with Gasteiger partial charge in [-0.15, -0.1) is 11.3 Å². The van der Waals surface area contributed by atoms with Crippen LogP contribution >= 0.6 is 11.3 Å². The summed E-state index contributed by atoms with van der Waals surface area (Å²) in [5.74, 6) is 0. The van der Waals surface area contributed by atoms with Crippen molar-refractivity contribution in [3.05, 3.63) is 176 Å². The fraction of sp³-hybridized carbons (Fsp3) is 0. The highest BCUT2D eigenvalue weighted by Crippen LogP contribution is 2.44. The Morgan fingerprint density at radius 3 is 2.00 bits per heavy atom. The van der Waals surface area contributed by atoms with Crippen molar-refractivity contribution >= 4 is 81.3 Å². The molecule has 0 unspecified atom stereocenters. The molecule has 10 aromatic rings. The fourth-order valence-corrected chi connectivity index (χ4v) is 8.37. The molecule has 0 fully saturated rings. The second kappa shape index (κ2) is 11.2. The summed E-state index contributed by atoms with van der Waals surface area (Å²) in [6.07, 6.45) is 0. The van der Waals surface area contributed by atoms with Crippen molar-refractivity contribution in [3.63, 3.8) is 0 Å². The van der Waals surface area contributed by atoms with Gasteiger partial charge in [0.25, 0.3) is 0 Å². The molecule has 230 valence electrons. The van der Waals surface area contributed by atoms with E-state index in [1.807, 2.05) is 17.4 Å². The Labute approximate surface area is 287 Å². The van der Waals surface area contributed by atoms with Crippen molar-refractivity contribution in [2.75, 3.05) is 4.90 Å². The van der Waals surface area contributed by atoms with Gasteiger partial charge in [-0.25, -0.2) is 0 Å². The summed E-state index contributed by atoms with van der Waals surface area (Å²) in [7, 11) is 0. The van der Waals surface area contributed by atoms with Gasteiger partial charge in [-0.05, 0) is 88.1 Å². The molecule has 2 aromatic heterocycles. The maximum atomic E-state index is 6.57. The molecule has 0 saturated carbocycles. The van der Waals surface area contributed by atoms with Crippen LogP contribution in [0.1, 0.15) is 0 Å². The number of anilines is 3. The van der Waals surface area contributed by atoms with Crippen LogP contribution in [0.15, 0.2) is 180 Å². The van der Waals surface area contributed by atoms with Crippen LogP contribution in [0.4, 0.5) is 17.1 Å². The highest BCUT2D eigenvalue weighted by atomic mass is 32.1. The third kappa shape index (κ3) is 4.70. The highest BCUT2D eigenvalue weighted by molar-refractivity contribution is 7.25. The number of thiophene rings is 1. The average Bonchev–Trinajstić information content (AvgIpc) is 3.73. The van der Waals surface area contributed by atoms with E-state index in [0.29, 0.717) is 0 Å². The summed E-state index contributed by atoms with van der Waals surface area (Å²) in [5.41, 5.74) is 9.61. The lowest BCUT2D eigenvalue weighted by atomic mass is 9.96. The smallest absolute Gasteiger partial charge is 0.143 e. The first-order valence-electron chi connectivity index (χ1n) is 16.6. The largest absolute Gasteiger partial charge is 0.455 e. The topological polar surface area (TPSA) is 16.4 Å². The lowest BCUT2D eigenvalue weighted by molar-refractivity contribution is 0.670. The summed E-state index contributed by atoms with van der Waals surface area (Å²) >= 11 is 1.85. The van der Waals surface area contributed by atoms with Crippen LogP contribution in [0.2, 0.25) is 0 Å². The highest BCUT2D eigenvalue weighted by Gasteiger charge is 2.19. The van der Waals surface area contributed by atoms with E-state index in [4.69, 9.17) is 4.42 Å². The zero-order chi connectivity index (χ0) is 32.3. The van der Waals surface area contributed by atoms with Crippen molar-refractivity contribution in [1.82, 2.24) is 0 Å². The van der Waals surface area contributed by atoms with E-state index < -0.39 is 0 Å². The lowest BCUT2D eigenvalue weighted by Crippen LogP contribution is -2.10. The van der Waals surface area contributed by atoms with E-state index in [9.17, 15) is 0 Å². The zero-order valence-electron chi connectivity index (χ0n) is 26.5. The molecule has 8 aromatic carbocycles. The molecule has 0 aliphatic rings. The molecular weight excluding hydrogens is 615 g/mol. The van der Waals surface area contributed by atoms with Crippen LogP contribution in [0, 0.1) is 0 Å². The van der Waals surface area contributed by atoms with Gasteiger partial charge in [0.05, 0.1) is 0 Å². The quantitative estimate of drug-likeness (QED) is 0.186. The monoisotopic (exact) mass is 643 g/mol. The Morgan fingerprint density at radius 1 is 0.388 bits per heavy atom. The van der Waals surface area contributed by atoms with Gasteiger partial charge in [0.15, 0.2) is 0 Å². The SMILES string of the molecule is c1ccc(-c2cc(-c3cccc4c3oc3ccccc34)cc(N(c3ccc4ccccc4c3)c3ccc4sc5ccccc5c4c3)c2)cc1. The third-order valence-electron chi connectivity index (χ3n) is 9.61. The Balaban J connectivity index is 1.26. The Hall–Kier alpha value is -6.16. The van der Waals surface area contributed by atoms with Gasteiger partial charge in [-0.2, -0.15) is 0 Å². The summed E-state index contributed by atoms with van der Waals surface area (Å²) in [5, 5.41) is 7.25. The Bertz CT molecular complexity index is 2840. The van der Waals surface area contributed by atoms with E-state index in [1.54, 1.807) is 0 Å². The lowest BCUT2D eigenvalue weighted by Gasteiger charge is -2.27. The van der Waals surface area contributed by atoms with Crippen LogP contribution in [-0.2, 0) is 0 Å². The second-order valence-corrected chi connectivity index (χ2v) is 13.6.